The van der Waals surface area contributed by atoms with E-state index in [0.29, 0.717) is 5.84 Å². The molecule has 2 rings (SSSR count). The molecule has 1 saturated heterocycles. The second-order valence-electron chi connectivity index (χ2n) is 4.14. The highest BCUT2D eigenvalue weighted by Gasteiger charge is 2.27. The summed E-state index contributed by atoms with van der Waals surface area (Å²) in [4.78, 5) is 2.25. The SMILES string of the molecule is NC(=NO)C1CCCN1Cc1ccccc1. The molecule has 0 bridgehead atoms. The number of nitrogens with two attached hydrogens (primary N) is 1. The average molecular weight is 219 g/mol. The van der Waals surface area contributed by atoms with Crippen LogP contribution < -0.4 is 5.73 Å². The number of oxime groups is 1. The third-order valence-electron chi connectivity index (χ3n) is 3.05. The summed E-state index contributed by atoms with van der Waals surface area (Å²) in [6.45, 7) is 1.87. The summed E-state index contributed by atoms with van der Waals surface area (Å²) in [7, 11) is 0. The lowest BCUT2D eigenvalue weighted by atomic mass is 10.1. The predicted octanol–water partition coefficient (Wildman–Crippen LogP) is 1.40. The molecule has 0 aliphatic carbocycles. The summed E-state index contributed by atoms with van der Waals surface area (Å²) in [6.07, 6.45) is 2.08. The molecule has 1 aliphatic heterocycles. The summed E-state index contributed by atoms with van der Waals surface area (Å²) >= 11 is 0. The van der Waals surface area contributed by atoms with Crippen LogP contribution in [0, 0.1) is 0 Å². The van der Waals surface area contributed by atoms with Crippen molar-refractivity contribution in [2.24, 2.45) is 10.9 Å². The van der Waals surface area contributed by atoms with E-state index in [1.807, 2.05) is 18.2 Å². The van der Waals surface area contributed by atoms with E-state index in [2.05, 4.69) is 22.2 Å². The molecule has 3 N–H and O–H groups in total. The molecule has 1 aromatic carbocycles. The van der Waals surface area contributed by atoms with Gasteiger partial charge in [-0.15, -0.1) is 0 Å². The number of likely N-dealkylation sites (tertiary alicyclic amines) is 1. The lowest BCUT2D eigenvalue weighted by molar-refractivity contribution is 0.275. The maximum Gasteiger partial charge on any atom is 0.156 e. The smallest absolute Gasteiger partial charge is 0.156 e. The zero-order chi connectivity index (χ0) is 11.4. The van der Waals surface area contributed by atoms with E-state index in [0.717, 1.165) is 25.9 Å². The van der Waals surface area contributed by atoms with Crippen LogP contribution in [0.25, 0.3) is 0 Å². The number of amidine groups is 1. The fourth-order valence-corrected chi connectivity index (χ4v) is 2.23. The van der Waals surface area contributed by atoms with Gasteiger partial charge in [-0.1, -0.05) is 35.5 Å². The van der Waals surface area contributed by atoms with Crippen molar-refractivity contribution in [2.75, 3.05) is 6.54 Å². The Morgan fingerprint density at radius 3 is 2.88 bits per heavy atom. The Bertz CT molecular complexity index is 364. The summed E-state index contributed by atoms with van der Waals surface area (Å²) in [5.41, 5.74) is 6.94. The minimum Gasteiger partial charge on any atom is -0.409 e. The second-order valence-corrected chi connectivity index (χ2v) is 4.14. The van der Waals surface area contributed by atoms with Crippen LogP contribution in [-0.4, -0.2) is 28.5 Å². The molecular weight excluding hydrogens is 202 g/mol. The van der Waals surface area contributed by atoms with Gasteiger partial charge in [-0.05, 0) is 24.9 Å². The number of benzene rings is 1. The van der Waals surface area contributed by atoms with Crippen LogP contribution in [0.5, 0.6) is 0 Å². The first-order valence-corrected chi connectivity index (χ1v) is 5.56. The van der Waals surface area contributed by atoms with Crippen molar-refractivity contribution in [1.29, 1.82) is 0 Å². The highest BCUT2D eigenvalue weighted by molar-refractivity contribution is 5.85. The van der Waals surface area contributed by atoms with Crippen LogP contribution in [0.1, 0.15) is 18.4 Å². The minimum atomic E-state index is 0.0882. The first kappa shape index (κ1) is 11.0. The lowest BCUT2D eigenvalue weighted by Crippen LogP contribution is -2.40. The Hall–Kier alpha value is -1.55. The molecule has 1 aliphatic rings. The number of hydrogen-bond acceptors (Lipinski definition) is 3. The molecule has 1 aromatic rings. The Morgan fingerprint density at radius 2 is 2.19 bits per heavy atom. The number of hydrogen-bond donors (Lipinski definition) is 2. The summed E-state index contributed by atoms with van der Waals surface area (Å²) < 4.78 is 0. The standard InChI is InChI=1S/C12H17N3O/c13-12(14-16)11-7-4-8-15(11)9-10-5-2-1-3-6-10/h1-3,5-6,11,16H,4,7-9H2,(H2,13,14). The molecule has 0 spiro atoms. The number of rotatable bonds is 3. The van der Waals surface area contributed by atoms with Gasteiger partial charge in [0.2, 0.25) is 0 Å². The summed E-state index contributed by atoms with van der Waals surface area (Å²) in [6, 6.07) is 10.4. The van der Waals surface area contributed by atoms with Crippen molar-refractivity contribution in [2.45, 2.75) is 25.4 Å². The molecule has 86 valence electrons. The maximum atomic E-state index is 8.72. The fraction of sp³-hybridized carbons (Fsp3) is 0.417. The Morgan fingerprint density at radius 1 is 1.44 bits per heavy atom. The van der Waals surface area contributed by atoms with E-state index in [9.17, 15) is 0 Å². The van der Waals surface area contributed by atoms with E-state index < -0.39 is 0 Å². The van der Waals surface area contributed by atoms with E-state index >= 15 is 0 Å². The Balaban J connectivity index is 2.04. The summed E-state index contributed by atoms with van der Waals surface area (Å²) in [5, 5.41) is 11.8. The van der Waals surface area contributed by atoms with Crippen LogP contribution in [0.4, 0.5) is 0 Å². The van der Waals surface area contributed by atoms with Gasteiger partial charge < -0.3 is 10.9 Å². The van der Waals surface area contributed by atoms with Crippen LogP contribution in [0.15, 0.2) is 35.5 Å². The largest absolute Gasteiger partial charge is 0.409 e. The van der Waals surface area contributed by atoms with Gasteiger partial charge in [-0.2, -0.15) is 0 Å². The van der Waals surface area contributed by atoms with Gasteiger partial charge in [0.15, 0.2) is 5.84 Å². The van der Waals surface area contributed by atoms with Gasteiger partial charge in [0.05, 0.1) is 6.04 Å². The van der Waals surface area contributed by atoms with Gasteiger partial charge in [0, 0.05) is 6.54 Å². The van der Waals surface area contributed by atoms with Crippen molar-refractivity contribution in [3.05, 3.63) is 35.9 Å². The van der Waals surface area contributed by atoms with Gasteiger partial charge in [-0.3, -0.25) is 4.90 Å². The van der Waals surface area contributed by atoms with E-state index in [1.54, 1.807) is 0 Å². The van der Waals surface area contributed by atoms with Crippen LogP contribution in [0.2, 0.25) is 0 Å². The second kappa shape index (κ2) is 4.99. The molecule has 1 heterocycles. The predicted molar refractivity (Wildman–Crippen MR) is 63.3 cm³/mol. The quantitative estimate of drug-likeness (QED) is 0.349. The molecule has 1 unspecified atom stereocenters. The first-order chi connectivity index (χ1) is 7.81. The average Bonchev–Trinajstić information content (AvgIpc) is 2.77. The molecule has 1 atom stereocenters. The molecule has 1 fully saturated rings. The Labute approximate surface area is 95.4 Å². The van der Waals surface area contributed by atoms with E-state index in [4.69, 9.17) is 10.9 Å². The van der Waals surface area contributed by atoms with Crippen LogP contribution in [0.3, 0.4) is 0 Å². The van der Waals surface area contributed by atoms with Gasteiger partial charge in [0.25, 0.3) is 0 Å². The summed E-state index contributed by atoms with van der Waals surface area (Å²) in [5.74, 6) is 0.327. The van der Waals surface area contributed by atoms with Crippen LogP contribution >= 0.6 is 0 Å². The zero-order valence-electron chi connectivity index (χ0n) is 9.21. The highest BCUT2D eigenvalue weighted by atomic mass is 16.4. The topological polar surface area (TPSA) is 61.9 Å². The third-order valence-corrected chi connectivity index (χ3v) is 3.05. The fourth-order valence-electron chi connectivity index (χ4n) is 2.23. The van der Waals surface area contributed by atoms with Gasteiger partial charge in [0.1, 0.15) is 0 Å². The van der Waals surface area contributed by atoms with Crippen molar-refractivity contribution in [3.63, 3.8) is 0 Å². The monoisotopic (exact) mass is 219 g/mol. The number of nitrogens with zero attached hydrogens (tertiary/aromatic N) is 2. The normalized spacial score (nSPS) is 22.5. The van der Waals surface area contributed by atoms with Gasteiger partial charge >= 0.3 is 0 Å². The van der Waals surface area contributed by atoms with Crippen molar-refractivity contribution >= 4 is 5.84 Å². The van der Waals surface area contributed by atoms with Crippen molar-refractivity contribution in [1.82, 2.24) is 4.90 Å². The molecule has 4 heteroatoms. The highest BCUT2D eigenvalue weighted by Crippen LogP contribution is 2.19. The molecule has 0 saturated carbocycles. The van der Waals surface area contributed by atoms with Crippen LogP contribution in [-0.2, 0) is 6.54 Å². The molecule has 0 aromatic heterocycles. The third kappa shape index (κ3) is 2.33. The van der Waals surface area contributed by atoms with Crippen molar-refractivity contribution in [3.8, 4) is 0 Å². The molecule has 0 radical (unpaired) electrons. The minimum absolute atomic E-state index is 0.0882. The van der Waals surface area contributed by atoms with E-state index in [1.165, 1.54) is 5.56 Å². The van der Waals surface area contributed by atoms with E-state index in [-0.39, 0.29) is 6.04 Å². The molecular formula is C12H17N3O. The maximum absolute atomic E-state index is 8.72. The Kier molecular flexibility index (Phi) is 3.41. The molecule has 16 heavy (non-hydrogen) atoms. The first-order valence-electron chi connectivity index (χ1n) is 5.56. The van der Waals surface area contributed by atoms with Gasteiger partial charge in [-0.25, -0.2) is 0 Å². The molecule has 0 amide bonds. The zero-order valence-corrected chi connectivity index (χ0v) is 9.21. The van der Waals surface area contributed by atoms with Crippen molar-refractivity contribution < 1.29 is 5.21 Å². The molecule has 4 nitrogen and oxygen atoms in total. The lowest BCUT2D eigenvalue weighted by Gasteiger charge is -2.23.